The van der Waals surface area contributed by atoms with Crippen molar-refractivity contribution in [3.8, 4) is 17.2 Å². The van der Waals surface area contributed by atoms with Crippen molar-refractivity contribution < 1.29 is 19.7 Å². The highest BCUT2D eigenvalue weighted by Gasteiger charge is 2.31. The summed E-state index contributed by atoms with van der Waals surface area (Å²) in [6.45, 7) is 2.19. The van der Waals surface area contributed by atoms with Crippen LogP contribution >= 0.6 is 0 Å². The number of aryl methyl sites for hydroxylation is 2. The Morgan fingerprint density at radius 3 is 2.79 bits per heavy atom. The molecule has 0 atom stereocenters. The van der Waals surface area contributed by atoms with Gasteiger partial charge in [-0.2, -0.15) is 0 Å². The number of ketones is 1. The number of nitrogens with zero attached hydrogens (tertiary/aromatic N) is 1. The van der Waals surface area contributed by atoms with E-state index in [1.807, 2.05) is 17.8 Å². The normalized spacial score (nSPS) is 14.6. The lowest BCUT2D eigenvalue weighted by atomic mass is 10.00. The van der Waals surface area contributed by atoms with Gasteiger partial charge in [-0.15, -0.1) is 0 Å². The standard InChI is InChI=1S/C23H23NO4/c1-3-4-5-7-14-8-6-9-17-21(14)15(13-24(17)2)10-20-23(27)22-18(26)11-16(25)12-19(22)28-20/h6,8-13,25-26H,3-5,7H2,1-2H3/b20-10-. The summed E-state index contributed by atoms with van der Waals surface area (Å²) in [7, 11) is 1.98. The fourth-order valence-electron chi connectivity index (χ4n) is 3.86. The van der Waals surface area contributed by atoms with Gasteiger partial charge in [0, 0.05) is 41.8 Å². The van der Waals surface area contributed by atoms with Crippen molar-refractivity contribution in [2.24, 2.45) is 7.05 Å². The maximum absolute atomic E-state index is 12.7. The molecule has 0 saturated heterocycles. The average molecular weight is 377 g/mol. The number of aromatic nitrogens is 1. The Morgan fingerprint density at radius 2 is 2.00 bits per heavy atom. The molecule has 0 aliphatic carbocycles. The van der Waals surface area contributed by atoms with Gasteiger partial charge in [-0.3, -0.25) is 4.79 Å². The molecule has 28 heavy (non-hydrogen) atoms. The molecular weight excluding hydrogens is 354 g/mol. The number of unbranched alkanes of at least 4 members (excludes halogenated alkanes) is 2. The van der Waals surface area contributed by atoms with E-state index in [4.69, 9.17) is 4.74 Å². The smallest absolute Gasteiger partial charge is 0.235 e. The number of phenols is 2. The van der Waals surface area contributed by atoms with Gasteiger partial charge in [0.25, 0.3) is 0 Å². The third kappa shape index (κ3) is 3.03. The molecule has 1 aliphatic heterocycles. The van der Waals surface area contributed by atoms with Gasteiger partial charge in [-0.05, 0) is 30.5 Å². The number of ether oxygens (including phenoxy) is 1. The molecule has 5 heteroatoms. The molecular formula is C23H23NO4. The number of carbonyl (C=O) groups is 1. The number of aromatic hydroxyl groups is 2. The Morgan fingerprint density at radius 1 is 1.18 bits per heavy atom. The number of Topliss-reactive ketones (excluding diaryl/α,β-unsaturated/α-hetero) is 1. The number of benzene rings is 2. The summed E-state index contributed by atoms with van der Waals surface area (Å²) in [6, 6.07) is 8.75. The van der Waals surface area contributed by atoms with E-state index in [0.29, 0.717) is 0 Å². The van der Waals surface area contributed by atoms with Gasteiger partial charge < -0.3 is 19.5 Å². The third-order valence-electron chi connectivity index (χ3n) is 5.20. The first kappa shape index (κ1) is 18.2. The lowest BCUT2D eigenvalue weighted by Crippen LogP contribution is -1.98. The zero-order valence-electron chi connectivity index (χ0n) is 16.0. The van der Waals surface area contributed by atoms with Gasteiger partial charge in [0.05, 0.1) is 0 Å². The molecule has 4 rings (SSSR count). The van der Waals surface area contributed by atoms with Crippen molar-refractivity contribution >= 4 is 22.8 Å². The Bertz CT molecular complexity index is 1110. The molecule has 0 radical (unpaired) electrons. The van der Waals surface area contributed by atoms with E-state index in [-0.39, 0.29) is 34.4 Å². The predicted molar refractivity (Wildman–Crippen MR) is 109 cm³/mol. The first-order chi connectivity index (χ1) is 13.5. The zero-order valence-corrected chi connectivity index (χ0v) is 16.0. The molecule has 5 nitrogen and oxygen atoms in total. The summed E-state index contributed by atoms with van der Waals surface area (Å²) >= 11 is 0. The number of rotatable bonds is 5. The van der Waals surface area contributed by atoms with E-state index < -0.39 is 0 Å². The topological polar surface area (TPSA) is 71.7 Å². The molecule has 3 aromatic rings. The van der Waals surface area contributed by atoms with Gasteiger partial charge in [0.1, 0.15) is 22.8 Å². The predicted octanol–water partition coefficient (Wildman–Crippen LogP) is 4.94. The van der Waals surface area contributed by atoms with E-state index in [1.54, 1.807) is 6.08 Å². The highest BCUT2D eigenvalue weighted by Crippen LogP contribution is 2.41. The maximum atomic E-state index is 12.7. The van der Waals surface area contributed by atoms with Crippen LogP contribution in [-0.2, 0) is 13.5 Å². The third-order valence-corrected chi connectivity index (χ3v) is 5.20. The summed E-state index contributed by atoms with van der Waals surface area (Å²) in [6.07, 6.45) is 8.16. The van der Waals surface area contributed by atoms with Crippen LogP contribution in [0.5, 0.6) is 17.2 Å². The molecule has 0 saturated carbocycles. The second kappa shape index (κ2) is 7.08. The quantitative estimate of drug-likeness (QED) is 0.488. The zero-order chi connectivity index (χ0) is 19.8. The van der Waals surface area contributed by atoms with Crippen LogP contribution in [0.2, 0.25) is 0 Å². The number of hydrogen-bond acceptors (Lipinski definition) is 4. The van der Waals surface area contributed by atoms with Crippen molar-refractivity contribution in [1.82, 2.24) is 4.57 Å². The maximum Gasteiger partial charge on any atom is 0.235 e. The van der Waals surface area contributed by atoms with Crippen molar-refractivity contribution in [1.29, 1.82) is 0 Å². The number of allylic oxidation sites excluding steroid dienone is 1. The van der Waals surface area contributed by atoms with E-state index in [9.17, 15) is 15.0 Å². The molecule has 144 valence electrons. The Balaban J connectivity index is 1.78. The highest BCUT2D eigenvalue weighted by molar-refractivity contribution is 6.16. The number of hydrogen-bond donors (Lipinski definition) is 2. The van der Waals surface area contributed by atoms with Gasteiger partial charge >= 0.3 is 0 Å². The summed E-state index contributed by atoms with van der Waals surface area (Å²) in [4.78, 5) is 12.7. The van der Waals surface area contributed by atoms with Crippen molar-refractivity contribution in [3.63, 3.8) is 0 Å². The van der Waals surface area contributed by atoms with Crippen LogP contribution in [0.3, 0.4) is 0 Å². The van der Waals surface area contributed by atoms with Crippen LogP contribution in [0.4, 0.5) is 0 Å². The Hall–Kier alpha value is -3.21. The molecule has 0 amide bonds. The average Bonchev–Trinajstić information content (AvgIpc) is 3.13. The van der Waals surface area contributed by atoms with Crippen LogP contribution in [0, 0.1) is 0 Å². The minimum Gasteiger partial charge on any atom is -0.508 e. The number of phenolic OH excluding ortho intramolecular Hbond substituents is 2. The second-order valence-electron chi connectivity index (χ2n) is 7.24. The van der Waals surface area contributed by atoms with Crippen LogP contribution < -0.4 is 4.74 Å². The molecule has 1 aliphatic rings. The number of carbonyl (C=O) groups excluding carboxylic acids is 1. The minimum atomic E-state index is -0.382. The monoisotopic (exact) mass is 377 g/mol. The van der Waals surface area contributed by atoms with Crippen molar-refractivity contribution in [3.05, 3.63) is 59.0 Å². The van der Waals surface area contributed by atoms with Crippen molar-refractivity contribution in [2.45, 2.75) is 32.6 Å². The van der Waals surface area contributed by atoms with Gasteiger partial charge in [-0.25, -0.2) is 0 Å². The van der Waals surface area contributed by atoms with Crippen molar-refractivity contribution in [2.75, 3.05) is 0 Å². The molecule has 1 aromatic heterocycles. The molecule has 0 bridgehead atoms. The Labute approximate surface area is 163 Å². The van der Waals surface area contributed by atoms with Crippen LogP contribution in [0.1, 0.15) is 47.7 Å². The molecule has 0 unspecified atom stereocenters. The highest BCUT2D eigenvalue weighted by atomic mass is 16.5. The second-order valence-corrected chi connectivity index (χ2v) is 7.24. The molecule has 0 spiro atoms. The fourth-order valence-corrected chi connectivity index (χ4v) is 3.86. The van der Waals surface area contributed by atoms with Gasteiger partial charge in [-0.1, -0.05) is 31.9 Å². The van der Waals surface area contributed by atoms with Crippen LogP contribution in [0.25, 0.3) is 17.0 Å². The summed E-state index contributed by atoms with van der Waals surface area (Å²) < 4.78 is 7.71. The summed E-state index contributed by atoms with van der Waals surface area (Å²) in [5.74, 6) is -0.480. The Kier molecular flexibility index (Phi) is 4.59. The van der Waals surface area contributed by atoms with Crippen LogP contribution in [-0.4, -0.2) is 20.6 Å². The number of fused-ring (bicyclic) bond motifs is 2. The molecule has 2 heterocycles. The first-order valence-electron chi connectivity index (χ1n) is 9.56. The minimum absolute atomic E-state index is 0.0902. The lowest BCUT2D eigenvalue weighted by Gasteiger charge is -2.05. The van der Waals surface area contributed by atoms with E-state index in [0.717, 1.165) is 35.4 Å². The SMILES string of the molecule is CCCCCc1cccc2c1c(/C=C1\Oc3cc(O)cc(O)c3C1=O)cn2C. The van der Waals surface area contributed by atoms with Gasteiger partial charge in [0.15, 0.2) is 5.76 Å². The first-order valence-corrected chi connectivity index (χ1v) is 9.56. The van der Waals surface area contributed by atoms with Gasteiger partial charge in [0.2, 0.25) is 5.78 Å². The van der Waals surface area contributed by atoms with E-state index in [2.05, 4.69) is 25.1 Å². The lowest BCUT2D eigenvalue weighted by molar-refractivity contribution is 0.101. The fraction of sp³-hybridized carbons (Fsp3) is 0.261. The molecule has 2 N–H and O–H groups in total. The molecule has 2 aromatic carbocycles. The van der Waals surface area contributed by atoms with E-state index in [1.165, 1.54) is 24.5 Å². The largest absolute Gasteiger partial charge is 0.508 e. The van der Waals surface area contributed by atoms with Crippen LogP contribution in [0.15, 0.2) is 42.3 Å². The van der Waals surface area contributed by atoms with E-state index >= 15 is 0 Å². The summed E-state index contributed by atoms with van der Waals surface area (Å²) in [5, 5.41) is 20.8. The summed E-state index contributed by atoms with van der Waals surface area (Å²) in [5.41, 5.74) is 3.35. The molecule has 0 fully saturated rings.